The fourth-order valence-corrected chi connectivity index (χ4v) is 4.43. The third kappa shape index (κ3) is 4.43. The van der Waals surface area contributed by atoms with E-state index in [1.807, 2.05) is 61.7 Å². The van der Waals surface area contributed by atoms with E-state index in [0.29, 0.717) is 39.8 Å². The highest BCUT2D eigenvalue weighted by molar-refractivity contribution is 7.99. The van der Waals surface area contributed by atoms with Gasteiger partial charge >= 0.3 is 0 Å². The van der Waals surface area contributed by atoms with E-state index in [2.05, 4.69) is 25.5 Å². The number of carbonyl (C=O) groups excluding carboxylic acids is 1. The fourth-order valence-electron chi connectivity index (χ4n) is 3.45. The lowest BCUT2D eigenvalue weighted by Crippen LogP contribution is -2.28. The molecule has 9 heteroatoms. The standard InChI is InChI=1S/C23H24N6O2S/c1-4-29-20(14(2)24-21(30)16-10-6-5-7-11-16)27-28-23(29)32-15(3)19-25-18-13-9-8-12-17(18)22(31)26-19/h5-15H,4H2,1-3H3,(H,24,30)(H,25,26,31). The van der Waals surface area contributed by atoms with E-state index in [1.54, 1.807) is 18.2 Å². The van der Waals surface area contributed by atoms with Gasteiger partial charge in [-0.2, -0.15) is 0 Å². The molecule has 0 saturated heterocycles. The number of carbonyl (C=O) groups is 1. The van der Waals surface area contributed by atoms with Gasteiger partial charge in [0.25, 0.3) is 11.5 Å². The van der Waals surface area contributed by atoms with E-state index in [9.17, 15) is 9.59 Å². The zero-order chi connectivity index (χ0) is 22.7. The average Bonchev–Trinajstić information content (AvgIpc) is 3.22. The van der Waals surface area contributed by atoms with Crippen LogP contribution in [0.1, 0.15) is 54.1 Å². The topological polar surface area (TPSA) is 106 Å². The van der Waals surface area contributed by atoms with Crippen molar-refractivity contribution in [1.82, 2.24) is 30.0 Å². The average molecular weight is 449 g/mol. The normalized spacial score (nSPS) is 13.1. The molecule has 2 aromatic carbocycles. The molecule has 8 nitrogen and oxygen atoms in total. The molecular formula is C23H24N6O2S. The van der Waals surface area contributed by atoms with Crippen LogP contribution in [0.4, 0.5) is 0 Å². The molecule has 2 heterocycles. The van der Waals surface area contributed by atoms with Crippen LogP contribution in [-0.2, 0) is 6.54 Å². The Hall–Kier alpha value is -3.46. The molecule has 2 atom stereocenters. The number of H-pyrrole nitrogens is 1. The van der Waals surface area contributed by atoms with Gasteiger partial charge in [-0.05, 0) is 45.0 Å². The van der Waals surface area contributed by atoms with E-state index in [4.69, 9.17) is 0 Å². The SMILES string of the molecule is CCn1c(SC(C)c2nc3ccccc3c(=O)[nH]2)nnc1C(C)NC(=O)c1ccccc1. The van der Waals surface area contributed by atoms with Gasteiger partial charge in [0.15, 0.2) is 11.0 Å². The summed E-state index contributed by atoms with van der Waals surface area (Å²) in [5.41, 5.74) is 1.10. The van der Waals surface area contributed by atoms with Gasteiger partial charge in [-0.3, -0.25) is 9.59 Å². The highest BCUT2D eigenvalue weighted by Gasteiger charge is 2.22. The van der Waals surface area contributed by atoms with Gasteiger partial charge in [0.05, 0.1) is 22.2 Å². The molecule has 0 saturated carbocycles. The Morgan fingerprint density at radius 3 is 2.56 bits per heavy atom. The number of fused-ring (bicyclic) bond motifs is 1. The molecule has 0 spiro atoms. The number of nitrogens with zero attached hydrogens (tertiary/aromatic N) is 4. The lowest BCUT2D eigenvalue weighted by Gasteiger charge is -2.16. The van der Waals surface area contributed by atoms with Crippen molar-refractivity contribution in [2.45, 2.75) is 43.8 Å². The monoisotopic (exact) mass is 448 g/mol. The molecule has 164 valence electrons. The zero-order valence-electron chi connectivity index (χ0n) is 18.1. The number of benzene rings is 2. The van der Waals surface area contributed by atoms with Crippen LogP contribution in [0, 0.1) is 0 Å². The summed E-state index contributed by atoms with van der Waals surface area (Å²) in [7, 11) is 0. The lowest BCUT2D eigenvalue weighted by molar-refractivity contribution is 0.0937. The molecule has 0 bridgehead atoms. The van der Waals surface area contributed by atoms with Crippen molar-refractivity contribution >= 4 is 28.6 Å². The molecular weight excluding hydrogens is 424 g/mol. The summed E-state index contributed by atoms with van der Waals surface area (Å²) in [5, 5.41) is 12.8. The van der Waals surface area contributed by atoms with Crippen molar-refractivity contribution in [1.29, 1.82) is 0 Å². The predicted molar refractivity (Wildman–Crippen MR) is 125 cm³/mol. The second-order valence-corrected chi connectivity index (χ2v) is 8.68. The van der Waals surface area contributed by atoms with Crippen LogP contribution in [0.5, 0.6) is 0 Å². The van der Waals surface area contributed by atoms with Crippen LogP contribution in [0.15, 0.2) is 64.5 Å². The van der Waals surface area contributed by atoms with Crippen molar-refractivity contribution in [3.63, 3.8) is 0 Å². The van der Waals surface area contributed by atoms with E-state index >= 15 is 0 Å². The minimum absolute atomic E-state index is 0.149. The van der Waals surface area contributed by atoms with Crippen molar-refractivity contribution in [2.75, 3.05) is 0 Å². The van der Waals surface area contributed by atoms with Crippen LogP contribution in [0.3, 0.4) is 0 Å². The Morgan fingerprint density at radius 1 is 1.09 bits per heavy atom. The first kappa shape index (κ1) is 21.8. The Morgan fingerprint density at radius 2 is 1.81 bits per heavy atom. The molecule has 2 N–H and O–H groups in total. The minimum atomic E-state index is -0.321. The molecule has 0 fully saturated rings. The Labute approximate surface area is 189 Å². The highest BCUT2D eigenvalue weighted by atomic mass is 32.2. The van der Waals surface area contributed by atoms with Crippen molar-refractivity contribution in [3.05, 3.63) is 82.2 Å². The molecule has 0 aliphatic rings. The van der Waals surface area contributed by atoms with Crippen molar-refractivity contribution in [3.8, 4) is 0 Å². The second-order valence-electron chi connectivity index (χ2n) is 7.37. The minimum Gasteiger partial charge on any atom is -0.342 e. The summed E-state index contributed by atoms with van der Waals surface area (Å²) in [5.74, 6) is 1.09. The number of aromatic nitrogens is 5. The van der Waals surface area contributed by atoms with Crippen molar-refractivity contribution in [2.24, 2.45) is 0 Å². The molecule has 4 aromatic rings. The molecule has 0 aliphatic carbocycles. The molecule has 4 rings (SSSR count). The second kappa shape index (κ2) is 9.35. The Kier molecular flexibility index (Phi) is 6.36. The number of hydrogen-bond donors (Lipinski definition) is 2. The number of aromatic amines is 1. The number of hydrogen-bond acceptors (Lipinski definition) is 6. The Bertz CT molecular complexity index is 1300. The number of amides is 1. The number of thioether (sulfide) groups is 1. The number of rotatable bonds is 7. The summed E-state index contributed by atoms with van der Waals surface area (Å²) < 4.78 is 1.97. The summed E-state index contributed by atoms with van der Waals surface area (Å²) in [6.45, 7) is 6.50. The summed E-state index contributed by atoms with van der Waals surface area (Å²) in [6.07, 6.45) is 0. The molecule has 32 heavy (non-hydrogen) atoms. The van der Waals surface area contributed by atoms with Gasteiger partial charge in [-0.15, -0.1) is 10.2 Å². The van der Waals surface area contributed by atoms with Crippen LogP contribution >= 0.6 is 11.8 Å². The molecule has 2 aromatic heterocycles. The van der Waals surface area contributed by atoms with Crippen LogP contribution < -0.4 is 10.9 Å². The van der Waals surface area contributed by atoms with Gasteiger partial charge < -0.3 is 14.9 Å². The van der Waals surface area contributed by atoms with E-state index in [-0.39, 0.29) is 22.8 Å². The number of para-hydroxylation sites is 1. The molecule has 2 unspecified atom stereocenters. The van der Waals surface area contributed by atoms with E-state index < -0.39 is 0 Å². The van der Waals surface area contributed by atoms with Gasteiger partial charge in [0, 0.05) is 12.1 Å². The summed E-state index contributed by atoms with van der Waals surface area (Å²) in [4.78, 5) is 32.4. The van der Waals surface area contributed by atoms with Crippen LogP contribution in [0.2, 0.25) is 0 Å². The maximum Gasteiger partial charge on any atom is 0.258 e. The van der Waals surface area contributed by atoms with E-state index in [1.165, 1.54) is 11.8 Å². The first-order valence-electron chi connectivity index (χ1n) is 10.4. The first-order valence-corrected chi connectivity index (χ1v) is 11.3. The Balaban J connectivity index is 1.54. The molecule has 0 aliphatic heterocycles. The molecule has 1 amide bonds. The maximum atomic E-state index is 12.5. The van der Waals surface area contributed by atoms with E-state index in [0.717, 1.165) is 0 Å². The van der Waals surface area contributed by atoms with Crippen LogP contribution in [0.25, 0.3) is 10.9 Å². The predicted octanol–water partition coefficient (Wildman–Crippen LogP) is 3.88. The highest BCUT2D eigenvalue weighted by Crippen LogP contribution is 2.33. The lowest BCUT2D eigenvalue weighted by atomic mass is 10.2. The zero-order valence-corrected chi connectivity index (χ0v) is 18.9. The maximum absolute atomic E-state index is 12.5. The fraction of sp³-hybridized carbons (Fsp3) is 0.261. The quantitative estimate of drug-likeness (QED) is 0.416. The van der Waals surface area contributed by atoms with Crippen LogP contribution in [-0.4, -0.2) is 30.6 Å². The first-order chi connectivity index (χ1) is 15.5. The third-order valence-electron chi connectivity index (χ3n) is 5.13. The van der Waals surface area contributed by atoms with Gasteiger partial charge in [-0.1, -0.05) is 42.1 Å². The summed E-state index contributed by atoms with van der Waals surface area (Å²) in [6, 6.07) is 16.0. The van der Waals surface area contributed by atoms with Crippen molar-refractivity contribution < 1.29 is 4.79 Å². The number of nitrogens with one attached hydrogen (secondary N) is 2. The van der Waals surface area contributed by atoms with Gasteiger partial charge in [-0.25, -0.2) is 4.98 Å². The van der Waals surface area contributed by atoms with Gasteiger partial charge in [0.1, 0.15) is 5.82 Å². The third-order valence-corrected chi connectivity index (χ3v) is 6.22. The molecule has 0 radical (unpaired) electrons. The smallest absolute Gasteiger partial charge is 0.258 e. The largest absolute Gasteiger partial charge is 0.342 e. The summed E-state index contributed by atoms with van der Waals surface area (Å²) >= 11 is 1.46. The van der Waals surface area contributed by atoms with Gasteiger partial charge in [0.2, 0.25) is 0 Å².